The second-order valence-corrected chi connectivity index (χ2v) is 3.76. The van der Waals surface area contributed by atoms with Crippen LogP contribution in [0.2, 0.25) is 0 Å². The maximum atomic E-state index is 11.9. The molecular weight excluding hydrogens is 210 g/mol. The van der Waals surface area contributed by atoms with E-state index in [2.05, 4.69) is 0 Å². The third-order valence-electron chi connectivity index (χ3n) is 2.53. The molecule has 88 valence electrons. The molecule has 1 atom stereocenters. The van der Waals surface area contributed by atoms with E-state index in [1.54, 1.807) is 19.9 Å². The first kappa shape index (κ1) is 12.3. The van der Waals surface area contributed by atoms with Gasteiger partial charge in [-0.05, 0) is 26.8 Å². The van der Waals surface area contributed by atoms with E-state index in [9.17, 15) is 9.59 Å². The normalized spacial score (nSPS) is 12.2. The minimum absolute atomic E-state index is 0.343. The van der Waals surface area contributed by atoms with Crippen LogP contribution in [0.4, 0.5) is 0 Å². The molecule has 0 aliphatic carbocycles. The molecule has 0 saturated heterocycles. The Kier molecular flexibility index (Phi) is 3.37. The number of hydrogen-bond acceptors (Lipinski definition) is 3. The number of rotatable bonds is 3. The van der Waals surface area contributed by atoms with Gasteiger partial charge in [0.25, 0.3) is 5.91 Å². The van der Waals surface area contributed by atoms with E-state index in [4.69, 9.17) is 9.52 Å². The summed E-state index contributed by atoms with van der Waals surface area (Å²) in [4.78, 5) is 23.9. The Morgan fingerprint density at radius 3 is 2.38 bits per heavy atom. The van der Waals surface area contributed by atoms with Gasteiger partial charge < -0.3 is 14.4 Å². The van der Waals surface area contributed by atoms with Gasteiger partial charge in [-0.25, -0.2) is 4.79 Å². The second kappa shape index (κ2) is 4.38. The number of amides is 1. The fourth-order valence-electron chi connectivity index (χ4n) is 1.37. The van der Waals surface area contributed by atoms with E-state index in [-0.39, 0.29) is 5.91 Å². The molecule has 0 bridgehead atoms. The third-order valence-corrected chi connectivity index (χ3v) is 2.53. The molecule has 1 rings (SSSR count). The monoisotopic (exact) mass is 225 g/mol. The molecule has 0 aliphatic heterocycles. The van der Waals surface area contributed by atoms with Gasteiger partial charge in [-0.3, -0.25) is 4.79 Å². The molecule has 0 radical (unpaired) electrons. The quantitative estimate of drug-likeness (QED) is 0.845. The lowest BCUT2D eigenvalue weighted by Gasteiger charge is -2.20. The molecule has 1 aromatic heterocycles. The molecule has 1 heterocycles. The zero-order chi connectivity index (χ0) is 12.5. The molecule has 0 fully saturated rings. The molecule has 0 aromatic carbocycles. The van der Waals surface area contributed by atoms with Gasteiger partial charge in [0.15, 0.2) is 0 Å². The van der Waals surface area contributed by atoms with Gasteiger partial charge in [-0.2, -0.15) is 0 Å². The summed E-state index contributed by atoms with van der Waals surface area (Å²) < 4.78 is 5.23. The number of carbonyl (C=O) groups is 2. The van der Waals surface area contributed by atoms with Crippen molar-refractivity contribution in [2.45, 2.75) is 26.8 Å². The molecule has 16 heavy (non-hydrogen) atoms. The van der Waals surface area contributed by atoms with Crippen molar-refractivity contribution in [3.05, 3.63) is 23.2 Å². The van der Waals surface area contributed by atoms with E-state index in [1.165, 1.54) is 18.9 Å². The van der Waals surface area contributed by atoms with Crippen LogP contribution in [-0.4, -0.2) is 35.0 Å². The third kappa shape index (κ3) is 2.24. The highest BCUT2D eigenvalue weighted by atomic mass is 16.4. The summed E-state index contributed by atoms with van der Waals surface area (Å²) in [5, 5.41) is 8.81. The van der Waals surface area contributed by atoms with Crippen LogP contribution in [0.5, 0.6) is 0 Å². The second-order valence-electron chi connectivity index (χ2n) is 3.76. The van der Waals surface area contributed by atoms with Gasteiger partial charge in [-0.15, -0.1) is 0 Å². The summed E-state index contributed by atoms with van der Waals surface area (Å²) in [5.74, 6) is -0.234. The Labute approximate surface area is 93.7 Å². The molecule has 0 saturated carbocycles. The maximum Gasteiger partial charge on any atom is 0.326 e. The van der Waals surface area contributed by atoms with Crippen molar-refractivity contribution in [2.24, 2.45) is 0 Å². The SMILES string of the molecule is Cc1cc(C(=O)N(C)C(C)C(=O)O)c(C)o1. The predicted molar refractivity (Wildman–Crippen MR) is 57.4 cm³/mol. The zero-order valence-electron chi connectivity index (χ0n) is 9.77. The number of carboxylic acids is 1. The molecule has 1 amide bonds. The highest BCUT2D eigenvalue weighted by Gasteiger charge is 2.25. The van der Waals surface area contributed by atoms with Crippen molar-refractivity contribution in [3.8, 4) is 0 Å². The summed E-state index contributed by atoms with van der Waals surface area (Å²) >= 11 is 0. The van der Waals surface area contributed by atoms with Crippen LogP contribution in [0.3, 0.4) is 0 Å². The first-order chi connectivity index (χ1) is 7.34. The van der Waals surface area contributed by atoms with Crippen LogP contribution >= 0.6 is 0 Å². The summed E-state index contributed by atoms with van der Waals surface area (Å²) in [6.07, 6.45) is 0. The van der Waals surface area contributed by atoms with Crippen LogP contribution in [0.25, 0.3) is 0 Å². The minimum Gasteiger partial charge on any atom is -0.480 e. The number of carboxylic acid groups (broad SMARTS) is 1. The largest absolute Gasteiger partial charge is 0.480 e. The highest BCUT2D eigenvalue weighted by Crippen LogP contribution is 2.16. The van der Waals surface area contributed by atoms with Crippen LogP contribution < -0.4 is 0 Å². The Hall–Kier alpha value is -1.78. The Balaban J connectivity index is 2.94. The van der Waals surface area contributed by atoms with Crippen LogP contribution in [-0.2, 0) is 4.79 Å². The van der Waals surface area contributed by atoms with E-state index in [1.807, 2.05) is 0 Å². The molecule has 0 spiro atoms. The Morgan fingerprint density at radius 1 is 1.44 bits per heavy atom. The van der Waals surface area contributed by atoms with E-state index >= 15 is 0 Å². The van der Waals surface area contributed by atoms with Gasteiger partial charge in [0.1, 0.15) is 17.6 Å². The lowest BCUT2D eigenvalue weighted by Crippen LogP contribution is -2.40. The fourth-order valence-corrected chi connectivity index (χ4v) is 1.37. The smallest absolute Gasteiger partial charge is 0.326 e. The van der Waals surface area contributed by atoms with E-state index in [0.29, 0.717) is 17.1 Å². The van der Waals surface area contributed by atoms with Crippen molar-refractivity contribution >= 4 is 11.9 Å². The standard InChI is InChI=1S/C11H15NO4/c1-6-5-9(8(3)16-6)10(13)12(4)7(2)11(14)15/h5,7H,1-4H3,(H,14,15). The predicted octanol–water partition coefficient (Wildman–Crippen LogP) is 1.44. The van der Waals surface area contributed by atoms with Crippen molar-refractivity contribution in [1.29, 1.82) is 0 Å². The van der Waals surface area contributed by atoms with Crippen molar-refractivity contribution in [3.63, 3.8) is 0 Å². The van der Waals surface area contributed by atoms with Crippen molar-refractivity contribution < 1.29 is 19.1 Å². The summed E-state index contributed by atoms with van der Waals surface area (Å²) in [6.45, 7) is 4.88. The molecule has 1 unspecified atom stereocenters. The number of aryl methyl sites for hydroxylation is 2. The van der Waals surface area contributed by atoms with Gasteiger partial charge in [-0.1, -0.05) is 0 Å². The van der Waals surface area contributed by atoms with Crippen LogP contribution in [0, 0.1) is 13.8 Å². The van der Waals surface area contributed by atoms with Crippen LogP contribution in [0.15, 0.2) is 10.5 Å². The van der Waals surface area contributed by atoms with Crippen LogP contribution in [0.1, 0.15) is 28.8 Å². The van der Waals surface area contributed by atoms with E-state index in [0.717, 1.165) is 0 Å². The number of furan rings is 1. The first-order valence-electron chi connectivity index (χ1n) is 4.91. The minimum atomic E-state index is -1.03. The molecule has 1 aromatic rings. The van der Waals surface area contributed by atoms with Gasteiger partial charge in [0, 0.05) is 7.05 Å². The number of hydrogen-bond donors (Lipinski definition) is 1. The lowest BCUT2D eigenvalue weighted by atomic mass is 10.2. The number of aliphatic carboxylic acids is 1. The number of likely N-dealkylation sites (N-methyl/N-ethyl adjacent to an activating group) is 1. The number of nitrogens with zero attached hydrogens (tertiary/aromatic N) is 1. The molecule has 1 N–H and O–H groups in total. The Morgan fingerprint density at radius 2 is 2.00 bits per heavy atom. The lowest BCUT2D eigenvalue weighted by molar-refractivity contribution is -0.141. The van der Waals surface area contributed by atoms with Gasteiger partial charge in [0.2, 0.25) is 0 Å². The molecule has 5 nitrogen and oxygen atoms in total. The average molecular weight is 225 g/mol. The fraction of sp³-hybridized carbons (Fsp3) is 0.455. The number of carbonyl (C=O) groups excluding carboxylic acids is 1. The maximum absolute atomic E-state index is 11.9. The van der Waals surface area contributed by atoms with E-state index < -0.39 is 12.0 Å². The molecular formula is C11H15NO4. The van der Waals surface area contributed by atoms with Crippen molar-refractivity contribution in [1.82, 2.24) is 4.90 Å². The summed E-state index contributed by atoms with van der Waals surface area (Å²) in [6, 6.07) is 0.755. The summed E-state index contributed by atoms with van der Waals surface area (Å²) in [5.41, 5.74) is 0.410. The molecule has 0 aliphatic rings. The topological polar surface area (TPSA) is 70.8 Å². The Bertz CT molecular complexity index is 422. The average Bonchev–Trinajstić information content (AvgIpc) is 2.54. The first-order valence-corrected chi connectivity index (χ1v) is 4.91. The van der Waals surface area contributed by atoms with Crippen molar-refractivity contribution in [2.75, 3.05) is 7.05 Å². The molecule has 5 heteroatoms. The zero-order valence-corrected chi connectivity index (χ0v) is 9.77. The van der Waals surface area contributed by atoms with Gasteiger partial charge >= 0.3 is 5.97 Å². The highest BCUT2D eigenvalue weighted by molar-refractivity contribution is 5.97. The summed E-state index contributed by atoms with van der Waals surface area (Å²) in [7, 11) is 1.46. The van der Waals surface area contributed by atoms with Gasteiger partial charge in [0.05, 0.1) is 5.56 Å².